The number of fused-ring (bicyclic) bond motifs is 2. The van der Waals surface area contributed by atoms with Crippen molar-refractivity contribution >= 4 is 11.6 Å². The minimum absolute atomic E-state index is 0.106. The Morgan fingerprint density at radius 3 is 2.32 bits per heavy atom. The van der Waals surface area contributed by atoms with Crippen LogP contribution in [0.5, 0.6) is 5.75 Å². The molecule has 3 N–H and O–H groups in total. The number of carbonyl (C=O) groups is 1. The first-order valence-corrected chi connectivity index (χ1v) is 13.4. The molecule has 0 unspecified atom stereocenters. The first kappa shape index (κ1) is 30.0. The second kappa shape index (κ2) is 11.3. The summed E-state index contributed by atoms with van der Waals surface area (Å²) in [5.41, 5.74) is -0.106. The topological polar surface area (TPSA) is 187 Å². The van der Waals surface area contributed by atoms with Crippen LogP contribution in [0.4, 0.5) is 5.69 Å². The number of benzene rings is 1. The van der Waals surface area contributed by atoms with Crippen LogP contribution in [0.3, 0.4) is 0 Å². The Bertz CT molecular complexity index is 1120. The van der Waals surface area contributed by atoms with Crippen LogP contribution in [0.15, 0.2) is 24.3 Å². The largest absolute Gasteiger partial charge is 0.462 e. The lowest BCUT2D eigenvalue weighted by atomic mass is 9.95. The van der Waals surface area contributed by atoms with Gasteiger partial charge in [0.1, 0.15) is 48.4 Å². The minimum Gasteiger partial charge on any atom is -0.462 e. The molecule has 10 atom stereocenters. The molecule has 1 aromatic carbocycles. The van der Waals surface area contributed by atoms with Gasteiger partial charge in [0.2, 0.25) is 12.2 Å². The molecule has 0 bridgehead atoms. The molecule has 0 aromatic heterocycles. The van der Waals surface area contributed by atoms with E-state index in [0.717, 1.165) is 0 Å². The van der Waals surface area contributed by atoms with Gasteiger partial charge >= 0.3 is 0 Å². The fourth-order valence-electron chi connectivity index (χ4n) is 5.41. The van der Waals surface area contributed by atoms with E-state index in [1.54, 1.807) is 27.7 Å². The summed E-state index contributed by atoms with van der Waals surface area (Å²) in [6, 6.07) is 4.45. The predicted molar refractivity (Wildman–Crippen MR) is 135 cm³/mol. The first-order chi connectivity index (χ1) is 19.2. The summed E-state index contributed by atoms with van der Waals surface area (Å²) in [6.07, 6.45) is -8.75. The molecule has 5 rings (SSSR count). The third kappa shape index (κ3) is 6.48. The zero-order valence-corrected chi connectivity index (χ0v) is 23.3. The van der Waals surface area contributed by atoms with Crippen molar-refractivity contribution in [2.45, 2.75) is 108 Å². The molecule has 4 aliphatic heterocycles. The number of aliphatic hydroxyl groups excluding tert-OH is 2. The maximum Gasteiger partial charge on any atom is 0.269 e. The van der Waals surface area contributed by atoms with E-state index in [9.17, 15) is 25.1 Å². The van der Waals surface area contributed by atoms with E-state index in [-0.39, 0.29) is 24.7 Å². The van der Waals surface area contributed by atoms with Gasteiger partial charge in [-0.15, -0.1) is 0 Å². The quantitative estimate of drug-likeness (QED) is 0.294. The Balaban J connectivity index is 1.31. The summed E-state index contributed by atoms with van der Waals surface area (Å²) in [5.74, 6) is -2.14. The van der Waals surface area contributed by atoms with Crippen LogP contribution < -0.4 is 10.1 Å². The molecule has 0 radical (unpaired) electrons. The number of non-ortho nitro benzene ring substituents is 1. The van der Waals surface area contributed by atoms with Gasteiger partial charge in [0.05, 0.1) is 18.1 Å². The second-order valence-corrected chi connectivity index (χ2v) is 11.4. The molecule has 1 aromatic rings. The van der Waals surface area contributed by atoms with Crippen LogP contribution >= 0.6 is 0 Å². The SMILES string of the molecule is CC(=O)N[C@H]1[C@H](OC[C@H]2O[C@H](Oc3ccc([N+](=O)[O-])cc3)[C@H]3OC(C)(C)O[C@H]3[C@@H]2O)O[C@@H]2COC(C)(C)O[C@H]2[C@@H]1O. The number of rotatable bonds is 7. The number of nitro benzene ring substituents is 1. The predicted octanol–water partition coefficient (Wildman–Crippen LogP) is 0.338. The van der Waals surface area contributed by atoms with Gasteiger partial charge < -0.3 is 53.4 Å². The highest BCUT2D eigenvalue weighted by atomic mass is 16.8. The monoisotopic (exact) mass is 584 g/mol. The Hall–Kier alpha value is -2.47. The van der Waals surface area contributed by atoms with Crippen LogP contribution in [0.1, 0.15) is 34.6 Å². The first-order valence-electron chi connectivity index (χ1n) is 13.4. The lowest BCUT2D eigenvalue weighted by Crippen LogP contribution is -2.68. The summed E-state index contributed by atoms with van der Waals surface area (Å²) in [5, 5.41) is 35.9. The van der Waals surface area contributed by atoms with Crippen molar-refractivity contribution in [3.05, 3.63) is 34.4 Å². The summed E-state index contributed by atoms with van der Waals surface area (Å²) in [7, 11) is 0. The van der Waals surface area contributed by atoms with Crippen LogP contribution in [0.2, 0.25) is 0 Å². The lowest BCUT2D eigenvalue weighted by Gasteiger charge is -2.50. The van der Waals surface area contributed by atoms with Gasteiger partial charge in [-0.1, -0.05) is 0 Å². The molecule has 228 valence electrons. The zero-order chi connectivity index (χ0) is 29.7. The molecular formula is C26H36N2O13. The van der Waals surface area contributed by atoms with E-state index in [2.05, 4.69) is 5.32 Å². The number of nitrogens with one attached hydrogen (secondary N) is 1. The van der Waals surface area contributed by atoms with Crippen LogP contribution in [0, 0.1) is 10.1 Å². The molecule has 4 heterocycles. The lowest BCUT2D eigenvalue weighted by molar-refractivity contribution is -0.384. The highest BCUT2D eigenvalue weighted by Crippen LogP contribution is 2.39. The number of ether oxygens (including phenoxy) is 8. The van der Waals surface area contributed by atoms with Crippen LogP contribution in [-0.4, -0.2) is 107 Å². The van der Waals surface area contributed by atoms with E-state index < -0.39 is 83.8 Å². The molecule has 0 aliphatic carbocycles. The van der Waals surface area contributed by atoms with E-state index >= 15 is 0 Å². The van der Waals surface area contributed by atoms with Gasteiger partial charge in [0, 0.05) is 19.1 Å². The molecule has 4 saturated heterocycles. The van der Waals surface area contributed by atoms with Gasteiger partial charge in [-0.25, -0.2) is 0 Å². The number of nitro groups is 1. The van der Waals surface area contributed by atoms with Crippen molar-refractivity contribution in [2.75, 3.05) is 13.2 Å². The second-order valence-electron chi connectivity index (χ2n) is 11.4. The molecule has 0 spiro atoms. The number of amides is 1. The van der Waals surface area contributed by atoms with Gasteiger partial charge in [-0.2, -0.15) is 0 Å². The number of hydrogen-bond acceptors (Lipinski definition) is 13. The summed E-state index contributed by atoms with van der Waals surface area (Å²) < 4.78 is 47.5. The number of nitrogens with zero attached hydrogens (tertiary/aromatic N) is 1. The van der Waals surface area contributed by atoms with E-state index in [4.69, 9.17) is 37.9 Å². The van der Waals surface area contributed by atoms with Crippen molar-refractivity contribution < 1.29 is 57.8 Å². The minimum atomic E-state index is -1.21. The normalized spacial score (nSPS) is 39.3. The van der Waals surface area contributed by atoms with Gasteiger partial charge in [0.25, 0.3) is 5.69 Å². The molecule has 0 saturated carbocycles. The molecule has 4 fully saturated rings. The maximum atomic E-state index is 12.0. The van der Waals surface area contributed by atoms with Gasteiger partial charge in [0.15, 0.2) is 24.0 Å². The molecular weight excluding hydrogens is 548 g/mol. The number of aliphatic hydroxyl groups is 2. The Labute approximate surface area is 236 Å². The van der Waals surface area contributed by atoms with Crippen molar-refractivity contribution in [1.82, 2.24) is 5.32 Å². The highest BCUT2D eigenvalue weighted by Gasteiger charge is 2.57. The Morgan fingerprint density at radius 2 is 1.66 bits per heavy atom. The molecule has 15 nitrogen and oxygen atoms in total. The fourth-order valence-corrected chi connectivity index (χ4v) is 5.41. The van der Waals surface area contributed by atoms with Gasteiger partial charge in [-0.3, -0.25) is 14.9 Å². The molecule has 41 heavy (non-hydrogen) atoms. The van der Waals surface area contributed by atoms with E-state index in [1.807, 2.05) is 0 Å². The van der Waals surface area contributed by atoms with E-state index in [0.29, 0.717) is 0 Å². The number of hydrogen-bond donors (Lipinski definition) is 3. The summed E-state index contributed by atoms with van der Waals surface area (Å²) in [6.45, 7) is 7.99. The fraction of sp³-hybridized carbons (Fsp3) is 0.731. The molecule has 1 amide bonds. The van der Waals surface area contributed by atoms with Crippen LogP contribution in [0.25, 0.3) is 0 Å². The highest BCUT2D eigenvalue weighted by molar-refractivity contribution is 5.73. The summed E-state index contributed by atoms with van der Waals surface area (Å²) in [4.78, 5) is 22.5. The average molecular weight is 585 g/mol. The van der Waals surface area contributed by atoms with Gasteiger partial charge in [-0.05, 0) is 39.8 Å². The average Bonchev–Trinajstić information content (AvgIpc) is 3.23. The van der Waals surface area contributed by atoms with Crippen molar-refractivity contribution in [2.24, 2.45) is 0 Å². The maximum absolute atomic E-state index is 12.0. The van der Waals surface area contributed by atoms with Crippen molar-refractivity contribution in [1.29, 1.82) is 0 Å². The smallest absolute Gasteiger partial charge is 0.269 e. The zero-order valence-electron chi connectivity index (χ0n) is 23.3. The third-order valence-corrected chi connectivity index (χ3v) is 7.24. The standard InChI is InChI=1S/C26H36N2O13/c1-12(29)27-17-19(31)20-16(11-35-25(2,3)39-20)38-23(17)34-10-15-18(30)21-22(41-26(4,5)40-21)24(37-15)36-14-8-6-13(7-9-14)28(32)33/h6-9,15-24,30-31H,10-11H2,1-5H3,(H,27,29)/t15-,16-,17-,18-,19-,20-,21+,22+,23-,24+/m1/s1. The van der Waals surface area contributed by atoms with Crippen molar-refractivity contribution in [3.8, 4) is 5.75 Å². The molecule has 4 aliphatic rings. The van der Waals surface area contributed by atoms with E-state index in [1.165, 1.54) is 31.2 Å². The Morgan fingerprint density at radius 1 is 1.00 bits per heavy atom. The Kier molecular flexibility index (Phi) is 8.28. The van der Waals surface area contributed by atoms with Crippen LogP contribution in [-0.2, 0) is 38.0 Å². The molecule has 15 heteroatoms. The summed E-state index contributed by atoms with van der Waals surface area (Å²) >= 11 is 0. The third-order valence-electron chi connectivity index (χ3n) is 7.24. The number of carbonyl (C=O) groups excluding carboxylic acids is 1. The van der Waals surface area contributed by atoms with Crippen molar-refractivity contribution in [3.63, 3.8) is 0 Å².